The number of hydrogen-bond donors (Lipinski definition) is 2. The highest BCUT2D eigenvalue weighted by Crippen LogP contribution is 2.30. The Morgan fingerprint density at radius 3 is 2.79 bits per heavy atom. The van der Waals surface area contributed by atoms with Gasteiger partial charge in [-0.05, 0) is 24.3 Å². The number of nitrogens with zero attached hydrogens (tertiary/aromatic N) is 4. The molecule has 2 aromatic rings. The number of aromatic nitrogens is 4. The molecule has 1 aliphatic heterocycles. The number of H-pyrrole nitrogens is 2. The van der Waals surface area contributed by atoms with Gasteiger partial charge in [-0.1, -0.05) is 13.8 Å². The Morgan fingerprint density at radius 2 is 2.17 bits per heavy atom. The summed E-state index contributed by atoms with van der Waals surface area (Å²) in [4.78, 5) is 29.8. The molecule has 1 fully saturated rings. The molecule has 0 spiro atoms. The van der Waals surface area contributed by atoms with E-state index < -0.39 is 11.2 Å². The molecule has 8 heteroatoms. The first-order valence-electron chi connectivity index (χ1n) is 7.84. The lowest BCUT2D eigenvalue weighted by Crippen LogP contribution is -2.24. The fraction of sp³-hybridized carbons (Fsp3) is 0.438. The largest absolute Gasteiger partial charge is 0.369 e. The predicted molar refractivity (Wildman–Crippen MR) is 88.6 cm³/mol. The molecule has 0 radical (unpaired) electrons. The van der Waals surface area contributed by atoms with E-state index in [9.17, 15) is 14.9 Å². The van der Waals surface area contributed by atoms with E-state index in [1.165, 1.54) is 6.20 Å². The van der Waals surface area contributed by atoms with Crippen LogP contribution < -0.4 is 16.1 Å². The molecule has 0 saturated carbocycles. The second-order valence-electron chi connectivity index (χ2n) is 6.30. The highest BCUT2D eigenvalue weighted by molar-refractivity contribution is 5.66. The second-order valence-corrected chi connectivity index (χ2v) is 6.30. The summed E-state index contributed by atoms with van der Waals surface area (Å²) in [7, 11) is 0. The summed E-state index contributed by atoms with van der Waals surface area (Å²) in [6.45, 7) is 6.06. The van der Waals surface area contributed by atoms with E-state index in [0.717, 1.165) is 19.5 Å². The summed E-state index contributed by atoms with van der Waals surface area (Å²) < 4.78 is 0. The Kier molecular flexibility index (Phi) is 4.16. The molecule has 124 valence electrons. The minimum absolute atomic E-state index is 0.215. The van der Waals surface area contributed by atoms with Gasteiger partial charge in [-0.25, -0.2) is 4.79 Å². The van der Waals surface area contributed by atoms with Gasteiger partial charge in [0.25, 0.3) is 5.56 Å². The summed E-state index contributed by atoms with van der Waals surface area (Å²) in [6, 6.07) is 3.75. The zero-order valence-electron chi connectivity index (χ0n) is 13.5. The van der Waals surface area contributed by atoms with Gasteiger partial charge in [0.15, 0.2) is 5.69 Å². The summed E-state index contributed by atoms with van der Waals surface area (Å²) in [5.74, 6) is 1.13. The molecule has 1 saturated heterocycles. The average molecular weight is 326 g/mol. The van der Waals surface area contributed by atoms with E-state index in [1.807, 2.05) is 0 Å². The van der Waals surface area contributed by atoms with Gasteiger partial charge in [-0.15, -0.1) is 10.2 Å². The third kappa shape index (κ3) is 2.93. The highest BCUT2D eigenvalue weighted by Gasteiger charge is 2.27. The first kappa shape index (κ1) is 15.9. The Bertz CT molecular complexity index is 908. The van der Waals surface area contributed by atoms with Gasteiger partial charge in [0.05, 0.1) is 11.3 Å². The maximum absolute atomic E-state index is 11.9. The van der Waals surface area contributed by atoms with Gasteiger partial charge in [-0.3, -0.25) is 9.78 Å². The maximum atomic E-state index is 11.9. The van der Waals surface area contributed by atoms with Crippen molar-refractivity contribution in [2.24, 2.45) is 11.8 Å². The standard InChI is InChI=1S/C16H18N6O2/c1-9(2)10-3-4-22(8-10)14-5-12(20-21-13(14)6-17)11-7-18-16(24)19-15(11)23/h5,7,9-10H,3-4,8H2,1-2H3,(H2,18,19,23,24). The van der Waals surface area contributed by atoms with Crippen LogP contribution >= 0.6 is 0 Å². The molecule has 2 aromatic heterocycles. The number of aromatic amines is 2. The number of nitriles is 1. The van der Waals surface area contributed by atoms with E-state index in [2.05, 4.69) is 45.0 Å². The molecule has 0 bridgehead atoms. The molecule has 3 rings (SSSR count). The van der Waals surface area contributed by atoms with Crippen molar-refractivity contribution in [3.05, 3.63) is 38.8 Å². The summed E-state index contributed by atoms with van der Waals surface area (Å²) in [5, 5.41) is 17.2. The molecule has 1 unspecified atom stereocenters. The third-order valence-corrected chi connectivity index (χ3v) is 4.48. The van der Waals surface area contributed by atoms with Crippen LogP contribution in [0.3, 0.4) is 0 Å². The first-order valence-corrected chi connectivity index (χ1v) is 7.84. The number of hydrogen-bond acceptors (Lipinski definition) is 6. The highest BCUT2D eigenvalue weighted by atomic mass is 16.2. The fourth-order valence-corrected chi connectivity index (χ4v) is 2.98. The first-order chi connectivity index (χ1) is 11.5. The zero-order valence-corrected chi connectivity index (χ0v) is 13.5. The van der Waals surface area contributed by atoms with Crippen molar-refractivity contribution in [3.8, 4) is 17.3 Å². The number of anilines is 1. The van der Waals surface area contributed by atoms with Crippen LogP contribution in [0.1, 0.15) is 26.0 Å². The molecule has 2 N–H and O–H groups in total. The molecular weight excluding hydrogens is 308 g/mol. The normalized spacial score (nSPS) is 17.2. The van der Waals surface area contributed by atoms with Gasteiger partial charge in [0, 0.05) is 19.3 Å². The zero-order chi connectivity index (χ0) is 17.3. The molecular formula is C16H18N6O2. The van der Waals surface area contributed by atoms with E-state index in [0.29, 0.717) is 23.2 Å². The van der Waals surface area contributed by atoms with Gasteiger partial charge >= 0.3 is 5.69 Å². The van der Waals surface area contributed by atoms with Crippen molar-refractivity contribution in [1.29, 1.82) is 5.26 Å². The summed E-state index contributed by atoms with van der Waals surface area (Å²) >= 11 is 0. The van der Waals surface area contributed by atoms with Crippen molar-refractivity contribution in [1.82, 2.24) is 20.2 Å². The van der Waals surface area contributed by atoms with Crippen LogP contribution in [-0.4, -0.2) is 33.3 Å². The van der Waals surface area contributed by atoms with Crippen LogP contribution in [-0.2, 0) is 0 Å². The van der Waals surface area contributed by atoms with Gasteiger partial charge in [0.2, 0.25) is 0 Å². The predicted octanol–water partition coefficient (Wildman–Crippen LogP) is 0.874. The van der Waals surface area contributed by atoms with Crippen LogP contribution in [0, 0.1) is 23.2 Å². The van der Waals surface area contributed by atoms with Crippen LogP contribution in [0.5, 0.6) is 0 Å². The van der Waals surface area contributed by atoms with Gasteiger partial charge in [-0.2, -0.15) is 5.26 Å². The lowest BCUT2D eigenvalue weighted by Gasteiger charge is -2.20. The topological polar surface area (TPSA) is 119 Å². The molecule has 8 nitrogen and oxygen atoms in total. The van der Waals surface area contributed by atoms with Crippen molar-refractivity contribution in [3.63, 3.8) is 0 Å². The number of rotatable bonds is 3. The number of nitrogens with one attached hydrogen (secondary N) is 2. The van der Waals surface area contributed by atoms with E-state index in [-0.39, 0.29) is 11.3 Å². The van der Waals surface area contributed by atoms with E-state index in [1.54, 1.807) is 6.07 Å². The monoisotopic (exact) mass is 326 g/mol. The molecule has 1 atom stereocenters. The Morgan fingerprint density at radius 1 is 1.38 bits per heavy atom. The second kappa shape index (κ2) is 6.28. The molecule has 0 amide bonds. The SMILES string of the molecule is CC(C)C1CCN(c2cc(-c3c[nH]c(=O)[nH]c3=O)nnc2C#N)C1. The average Bonchev–Trinajstić information content (AvgIpc) is 3.04. The summed E-state index contributed by atoms with van der Waals surface area (Å²) in [6.07, 6.45) is 2.36. The Hall–Kier alpha value is -2.95. The van der Waals surface area contributed by atoms with Crippen molar-refractivity contribution in [2.75, 3.05) is 18.0 Å². The van der Waals surface area contributed by atoms with Crippen molar-refractivity contribution < 1.29 is 0 Å². The lowest BCUT2D eigenvalue weighted by atomic mass is 9.95. The Balaban J connectivity index is 2.02. The van der Waals surface area contributed by atoms with E-state index >= 15 is 0 Å². The fourth-order valence-electron chi connectivity index (χ4n) is 2.98. The van der Waals surface area contributed by atoms with E-state index in [4.69, 9.17) is 0 Å². The maximum Gasteiger partial charge on any atom is 0.325 e. The minimum Gasteiger partial charge on any atom is -0.369 e. The molecule has 3 heterocycles. The smallest absolute Gasteiger partial charge is 0.325 e. The molecule has 0 aliphatic carbocycles. The van der Waals surface area contributed by atoms with Crippen LogP contribution in [0.4, 0.5) is 5.69 Å². The molecule has 0 aromatic carbocycles. The molecule has 1 aliphatic rings. The molecule has 24 heavy (non-hydrogen) atoms. The van der Waals surface area contributed by atoms with Crippen LogP contribution in [0.25, 0.3) is 11.3 Å². The lowest BCUT2D eigenvalue weighted by molar-refractivity contribution is 0.422. The van der Waals surface area contributed by atoms with Crippen molar-refractivity contribution in [2.45, 2.75) is 20.3 Å². The van der Waals surface area contributed by atoms with Gasteiger partial charge < -0.3 is 9.88 Å². The summed E-state index contributed by atoms with van der Waals surface area (Å²) in [5.41, 5.74) is 0.345. The van der Waals surface area contributed by atoms with Crippen LogP contribution in [0.2, 0.25) is 0 Å². The van der Waals surface area contributed by atoms with Crippen LogP contribution in [0.15, 0.2) is 21.9 Å². The third-order valence-electron chi connectivity index (χ3n) is 4.48. The Labute approximate surface area is 138 Å². The quantitative estimate of drug-likeness (QED) is 0.864. The van der Waals surface area contributed by atoms with Gasteiger partial charge in [0.1, 0.15) is 11.8 Å². The van der Waals surface area contributed by atoms with Crippen molar-refractivity contribution >= 4 is 5.69 Å². The minimum atomic E-state index is -0.579.